The van der Waals surface area contributed by atoms with Crippen molar-refractivity contribution in [1.82, 2.24) is 35.2 Å². The number of thiazole rings is 1. The smallest absolute Gasteiger partial charge is 0.274 e. The molecule has 13 nitrogen and oxygen atoms in total. The van der Waals surface area contributed by atoms with Crippen LogP contribution in [0.1, 0.15) is 57.7 Å². The summed E-state index contributed by atoms with van der Waals surface area (Å²) in [5.41, 5.74) is 12.5. The Labute approximate surface area is 233 Å². The Morgan fingerprint density at radius 1 is 1.23 bits per heavy atom. The van der Waals surface area contributed by atoms with Crippen LogP contribution in [0.15, 0.2) is 29.9 Å². The Morgan fingerprint density at radius 2 is 2.03 bits per heavy atom. The second-order valence-corrected chi connectivity index (χ2v) is 10.6. The van der Waals surface area contributed by atoms with Crippen molar-refractivity contribution in [3.63, 3.8) is 0 Å². The van der Waals surface area contributed by atoms with E-state index in [1.54, 1.807) is 39.2 Å². The van der Waals surface area contributed by atoms with Gasteiger partial charge in [0, 0.05) is 44.0 Å². The lowest BCUT2D eigenvalue weighted by Gasteiger charge is -2.22. The Hall–Kier alpha value is -3.75. The van der Waals surface area contributed by atoms with Crippen LogP contribution in [0.2, 0.25) is 5.02 Å². The molecule has 4 heterocycles. The first-order valence-corrected chi connectivity index (χ1v) is 13.7. The van der Waals surface area contributed by atoms with Gasteiger partial charge in [0.1, 0.15) is 28.1 Å². The number of nitrogens with two attached hydrogens (primary N) is 2. The highest BCUT2D eigenvalue weighted by Crippen LogP contribution is 2.34. The molecule has 4 rings (SSSR count). The molecule has 15 heteroatoms. The van der Waals surface area contributed by atoms with Gasteiger partial charge in [0.25, 0.3) is 11.8 Å². The van der Waals surface area contributed by atoms with Crippen molar-refractivity contribution in [2.45, 2.75) is 43.8 Å². The summed E-state index contributed by atoms with van der Waals surface area (Å²) in [6.45, 7) is 0.830. The number of hydrogen-bond acceptors (Lipinski definition) is 8. The molecule has 208 valence electrons. The van der Waals surface area contributed by atoms with Crippen molar-refractivity contribution < 1.29 is 14.4 Å². The molecule has 0 aliphatic carbocycles. The zero-order chi connectivity index (χ0) is 28.1. The molecule has 3 atom stereocenters. The van der Waals surface area contributed by atoms with Gasteiger partial charge in [0.2, 0.25) is 5.91 Å². The molecule has 3 aromatic rings. The van der Waals surface area contributed by atoms with Crippen molar-refractivity contribution in [1.29, 1.82) is 5.41 Å². The van der Waals surface area contributed by atoms with Gasteiger partial charge in [-0.3, -0.25) is 19.8 Å². The molecule has 3 amide bonds. The highest BCUT2D eigenvalue weighted by molar-refractivity contribution is 7.09. The van der Waals surface area contributed by atoms with Gasteiger partial charge in [-0.1, -0.05) is 11.6 Å². The Kier molecular flexibility index (Phi) is 8.99. The van der Waals surface area contributed by atoms with E-state index < -0.39 is 18.0 Å². The average molecular weight is 575 g/mol. The number of aromatic nitrogens is 3. The fourth-order valence-electron chi connectivity index (χ4n) is 4.46. The van der Waals surface area contributed by atoms with Crippen LogP contribution in [-0.2, 0) is 4.79 Å². The third-order valence-corrected chi connectivity index (χ3v) is 7.54. The molecule has 0 unspecified atom stereocenters. The number of pyridine rings is 1. The lowest BCUT2D eigenvalue weighted by atomic mass is 10.1. The number of hydrogen-bond donors (Lipinski definition) is 6. The molecule has 0 spiro atoms. The summed E-state index contributed by atoms with van der Waals surface area (Å²) >= 11 is 7.32. The van der Waals surface area contributed by atoms with Crippen LogP contribution in [0.4, 0.5) is 0 Å². The van der Waals surface area contributed by atoms with E-state index in [1.807, 2.05) is 0 Å². The number of rotatable bonds is 10. The number of likely N-dealkylation sites (N-methyl/N-ethyl adjacent to an activating group) is 1. The minimum absolute atomic E-state index is 0.114. The third-order valence-electron chi connectivity index (χ3n) is 6.37. The van der Waals surface area contributed by atoms with E-state index >= 15 is 0 Å². The lowest BCUT2D eigenvalue weighted by Crippen LogP contribution is -2.45. The maximum atomic E-state index is 13.4. The minimum atomic E-state index is -0.744. The molecule has 1 fully saturated rings. The van der Waals surface area contributed by atoms with Gasteiger partial charge in [0.05, 0.1) is 11.1 Å². The van der Waals surface area contributed by atoms with Crippen LogP contribution in [0.25, 0.3) is 5.65 Å². The molecule has 8 N–H and O–H groups in total. The maximum Gasteiger partial charge on any atom is 0.274 e. The summed E-state index contributed by atoms with van der Waals surface area (Å²) in [7, 11) is 1.51. The first-order chi connectivity index (χ1) is 18.7. The topological polar surface area (TPSA) is 197 Å². The van der Waals surface area contributed by atoms with Crippen molar-refractivity contribution in [3.05, 3.63) is 51.3 Å². The number of unbranched alkanes of at least 4 members (excludes halogenated alkanes) is 1. The Balaban J connectivity index is 1.43. The molecule has 1 saturated heterocycles. The normalized spacial score (nSPS) is 17.7. The van der Waals surface area contributed by atoms with E-state index in [0.717, 1.165) is 0 Å². The van der Waals surface area contributed by atoms with E-state index in [1.165, 1.54) is 18.4 Å². The Morgan fingerprint density at radius 3 is 2.77 bits per heavy atom. The summed E-state index contributed by atoms with van der Waals surface area (Å²) in [5.74, 6) is -1.19. The molecular weight excluding hydrogens is 544 g/mol. The van der Waals surface area contributed by atoms with Gasteiger partial charge in [-0.2, -0.15) is 0 Å². The second-order valence-electron chi connectivity index (χ2n) is 9.26. The van der Waals surface area contributed by atoms with E-state index in [0.29, 0.717) is 54.5 Å². The first kappa shape index (κ1) is 28.3. The number of nitrogens with zero attached hydrogens (tertiary/aromatic N) is 4. The number of nitrogens with one attached hydrogen (secondary N) is 4. The first-order valence-electron chi connectivity index (χ1n) is 12.4. The SMILES string of the molecule is CNC(=O)[C@H](CCCCNC(=N)N)NC(=O)c1csc([C@@H]2C[C@H](N)CN2C(=O)c2cn3cc(Cl)ccc3n2)n1. The molecule has 0 aromatic carbocycles. The average Bonchev–Trinajstić information content (AvgIpc) is 3.64. The number of carbonyl (C=O) groups excluding carboxylic acids is 3. The van der Waals surface area contributed by atoms with Crippen molar-refractivity contribution in [2.24, 2.45) is 11.5 Å². The van der Waals surface area contributed by atoms with Gasteiger partial charge in [-0.15, -0.1) is 11.3 Å². The van der Waals surface area contributed by atoms with Crippen LogP contribution < -0.4 is 27.4 Å². The maximum absolute atomic E-state index is 13.4. The third kappa shape index (κ3) is 6.82. The fraction of sp³-hybridized carbons (Fsp3) is 0.417. The summed E-state index contributed by atoms with van der Waals surface area (Å²) < 4.78 is 1.69. The summed E-state index contributed by atoms with van der Waals surface area (Å²) in [4.78, 5) is 49.3. The molecule has 0 bridgehead atoms. The summed E-state index contributed by atoms with van der Waals surface area (Å²) in [6.07, 6.45) is 5.51. The number of fused-ring (bicyclic) bond motifs is 1. The van der Waals surface area contributed by atoms with Crippen LogP contribution in [-0.4, -0.2) is 75.2 Å². The predicted molar refractivity (Wildman–Crippen MR) is 148 cm³/mol. The molecule has 0 radical (unpaired) electrons. The highest BCUT2D eigenvalue weighted by atomic mass is 35.5. The number of likely N-dealkylation sites (tertiary alicyclic amines) is 1. The van der Waals surface area contributed by atoms with Gasteiger partial charge in [0.15, 0.2) is 5.96 Å². The van der Waals surface area contributed by atoms with Crippen molar-refractivity contribution in [2.75, 3.05) is 20.1 Å². The summed E-state index contributed by atoms with van der Waals surface area (Å²) in [6, 6.07) is 2.03. The van der Waals surface area contributed by atoms with Gasteiger partial charge >= 0.3 is 0 Å². The van der Waals surface area contributed by atoms with E-state index in [-0.39, 0.29) is 35.2 Å². The predicted octanol–water partition coefficient (Wildman–Crippen LogP) is 0.856. The largest absolute Gasteiger partial charge is 0.370 e. The molecule has 39 heavy (non-hydrogen) atoms. The molecular formula is C24H31ClN10O3S. The fourth-order valence-corrected chi connectivity index (χ4v) is 5.55. The zero-order valence-corrected chi connectivity index (χ0v) is 22.9. The van der Waals surface area contributed by atoms with Gasteiger partial charge < -0.3 is 36.7 Å². The minimum Gasteiger partial charge on any atom is -0.370 e. The van der Waals surface area contributed by atoms with Gasteiger partial charge in [-0.05, 0) is 37.8 Å². The Bertz CT molecular complexity index is 1380. The zero-order valence-electron chi connectivity index (χ0n) is 21.3. The number of guanidine groups is 1. The van der Waals surface area contributed by atoms with E-state index in [2.05, 4.69) is 25.9 Å². The lowest BCUT2D eigenvalue weighted by molar-refractivity contribution is -0.122. The molecule has 0 saturated carbocycles. The molecule has 3 aromatic heterocycles. The molecule has 1 aliphatic rings. The second kappa shape index (κ2) is 12.4. The van der Waals surface area contributed by atoms with Crippen LogP contribution in [0.5, 0.6) is 0 Å². The van der Waals surface area contributed by atoms with Crippen molar-refractivity contribution in [3.8, 4) is 0 Å². The van der Waals surface area contributed by atoms with Crippen LogP contribution in [0.3, 0.4) is 0 Å². The number of imidazole rings is 1. The number of carbonyl (C=O) groups is 3. The monoisotopic (exact) mass is 574 g/mol. The highest BCUT2D eigenvalue weighted by Gasteiger charge is 2.38. The van der Waals surface area contributed by atoms with Crippen LogP contribution >= 0.6 is 22.9 Å². The number of amides is 3. The van der Waals surface area contributed by atoms with Crippen LogP contribution in [0, 0.1) is 5.41 Å². The van der Waals surface area contributed by atoms with Crippen molar-refractivity contribution >= 4 is 52.3 Å². The quantitative estimate of drug-likeness (QED) is 0.116. The van der Waals surface area contributed by atoms with E-state index in [9.17, 15) is 14.4 Å². The molecule has 1 aliphatic heterocycles. The van der Waals surface area contributed by atoms with E-state index in [4.69, 9.17) is 28.5 Å². The standard InChI is InChI=1S/C24H31ClN10O3S/c1-29-20(36)15(4-2-3-7-30-24(27)28)32-21(37)17-12-39-22(33-17)18-8-14(26)10-35(18)23(38)16-11-34-9-13(25)5-6-19(34)31-16/h5-6,9,11-12,14-15,18H,2-4,7-8,10,26H2,1H3,(H,29,36)(H,32,37)(H4,27,28,30)/t14-,15-,18-/m0/s1. The van der Waals surface area contributed by atoms with Gasteiger partial charge in [-0.25, -0.2) is 9.97 Å². The number of halogens is 1. The summed E-state index contributed by atoms with van der Waals surface area (Å²) in [5, 5.41) is 17.9.